The Bertz CT molecular complexity index is 977. The Morgan fingerprint density at radius 1 is 1.06 bits per heavy atom. The number of piperidine rings is 1. The number of pyridine rings is 1. The molecule has 0 bridgehead atoms. The fourth-order valence-corrected chi connectivity index (χ4v) is 5.17. The maximum absolute atomic E-state index is 13.0. The van der Waals surface area contributed by atoms with Crippen LogP contribution in [0.25, 0.3) is 0 Å². The Kier molecular flexibility index (Phi) is 8.55. The molecule has 2 aromatic rings. The maximum Gasteiger partial charge on any atom is 0.417 e. The zero-order valence-electron chi connectivity index (χ0n) is 19.8. The summed E-state index contributed by atoms with van der Waals surface area (Å²) in [6.07, 6.45) is 1.61. The van der Waals surface area contributed by atoms with Crippen LogP contribution in [-0.4, -0.2) is 66.5 Å². The molecule has 35 heavy (non-hydrogen) atoms. The number of likely N-dealkylation sites (tertiary alicyclic amines) is 1. The summed E-state index contributed by atoms with van der Waals surface area (Å²) in [6.45, 7) is 6.07. The van der Waals surface area contributed by atoms with Gasteiger partial charge in [0, 0.05) is 68.8 Å². The zero-order valence-corrected chi connectivity index (χ0v) is 20.6. The van der Waals surface area contributed by atoms with Crippen LogP contribution in [0.1, 0.15) is 36.8 Å². The Morgan fingerprint density at radius 2 is 1.80 bits per heavy atom. The molecule has 190 valence electrons. The largest absolute Gasteiger partial charge is 0.417 e. The smallest absolute Gasteiger partial charge is 0.369 e. The van der Waals surface area contributed by atoms with Gasteiger partial charge in [-0.2, -0.15) is 13.2 Å². The van der Waals surface area contributed by atoms with E-state index in [0.717, 1.165) is 69.8 Å². The third kappa shape index (κ3) is 7.34. The molecule has 9 heteroatoms. The number of benzene rings is 1. The highest BCUT2D eigenvalue weighted by atomic mass is 35.5. The minimum absolute atomic E-state index is 0.150. The highest BCUT2D eigenvalue weighted by molar-refractivity contribution is 6.30. The van der Waals surface area contributed by atoms with E-state index in [0.29, 0.717) is 24.9 Å². The number of carbonyl (C=O) groups is 1. The van der Waals surface area contributed by atoms with Crippen LogP contribution in [0.3, 0.4) is 0 Å². The molecule has 0 saturated carbocycles. The second-order valence-electron chi connectivity index (χ2n) is 9.54. The predicted molar refractivity (Wildman–Crippen MR) is 132 cm³/mol. The first-order chi connectivity index (χ1) is 16.8. The molecule has 1 aromatic carbocycles. The van der Waals surface area contributed by atoms with Crippen LogP contribution in [-0.2, 0) is 17.4 Å². The summed E-state index contributed by atoms with van der Waals surface area (Å²) >= 11 is 5.98. The van der Waals surface area contributed by atoms with Gasteiger partial charge in [-0.1, -0.05) is 11.6 Å². The monoisotopic (exact) mass is 508 g/mol. The van der Waals surface area contributed by atoms with Gasteiger partial charge in [-0.15, -0.1) is 0 Å². The van der Waals surface area contributed by atoms with Crippen LogP contribution in [0.5, 0.6) is 0 Å². The summed E-state index contributed by atoms with van der Waals surface area (Å²) in [5.41, 5.74) is 1.05. The van der Waals surface area contributed by atoms with Gasteiger partial charge in [-0.3, -0.25) is 14.7 Å². The summed E-state index contributed by atoms with van der Waals surface area (Å²) in [7, 11) is 0. The van der Waals surface area contributed by atoms with E-state index in [1.54, 1.807) is 0 Å². The van der Waals surface area contributed by atoms with Gasteiger partial charge >= 0.3 is 6.18 Å². The predicted octanol–water partition coefficient (Wildman–Crippen LogP) is 5.14. The normalized spacial score (nSPS) is 19.7. The second kappa shape index (κ2) is 11.6. The summed E-state index contributed by atoms with van der Waals surface area (Å²) in [5.74, 6) is 0.315. The van der Waals surface area contributed by atoms with Crippen molar-refractivity contribution in [3.05, 3.63) is 58.9 Å². The lowest BCUT2D eigenvalue weighted by atomic mass is 9.91. The van der Waals surface area contributed by atoms with Crippen LogP contribution in [0.15, 0.2) is 42.7 Å². The molecule has 0 N–H and O–H groups in total. The lowest BCUT2D eigenvalue weighted by molar-refractivity contribution is -0.137. The van der Waals surface area contributed by atoms with Gasteiger partial charge < -0.3 is 9.80 Å². The molecule has 0 unspecified atom stereocenters. The molecule has 1 atom stereocenters. The third-order valence-corrected chi connectivity index (χ3v) is 7.20. The Hall–Kier alpha value is -2.32. The first-order valence-corrected chi connectivity index (χ1v) is 12.7. The van der Waals surface area contributed by atoms with Crippen LogP contribution in [0.4, 0.5) is 18.9 Å². The molecule has 2 saturated heterocycles. The van der Waals surface area contributed by atoms with E-state index in [9.17, 15) is 18.0 Å². The molecule has 0 radical (unpaired) electrons. The van der Waals surface area contributed by atoms with Crippen molar-refractivity contribution in [3.8, 4) is 0 Å². The maximum atomic E-state index is 13.0. The molecule has 4 rings (SSSR count). The number of halogens is 4. The number of carbonyl (C=O) groups excluding carboxylic acids is 1. The molecule has 1 amide bonds. The lowest BCUT2D eigenvalue weighted by Gasteiger charge is -2.36. The number of hydrogen-bond acceptors (Lipinski definition) is 4. The van der Waals surface area contributed by atoms with Crippen molar-refractivity contribution < 1.29 is 18.0 Å². The van der Waals surface area contributed by atoms with Crippen molar-refractivity contribution in [2.24, 2.45) is 5.92 Å². The van der Waals surface area contributed by atoms with Gasteiger partial charge in [0.05, 0.1) is 5.56 Å². The fourth-order valence-electron chi connectivity index (χ4n) is 5.04. The first kappa shape index (κ1) is 25.8. The molecular weight excluding hydrogens is 477 g/mol. The molecule has 0 aliphatic carbocycles. The van der Waals surface area contributed by atoms with E-state index < -0.39 is 11.7 Å². The topological polar surface area (TPSA) is 39.7 Å². The molecule has 2 aliphatic rings. The average molecular weight is 509 g/mol. The third-order valence-electron chi connectivity index (χ3n) is 6.95. The van der Waals surface area contributed by atoms with E-state index in [1.165, 1.54) is 18.0 Å². The highest BCUT2D eigenvalue weighted by Gasteiger charge is 2.31. The summed E-state index contributed by atoms with van der Waals surface area (Å²) in [6, 6.07) is 9.10. The van der Waals surface area contributed by atoms with Gasteiger partial charge in [-0.05, 0) is 74.0 Å². The number of alkyl halides is 3. The van der Waals surface area contributed by atoms with E-state index in [-0.39, 0.29) is 11.8 Å². The minimum atomic E-state index is -4.39. The molecule has 2 aliphatic heterocycles. The average Bonchev–Trinajstić information content (AvgIpc) is 2.85. The lowest BCUT2D eigenvalue weighted by Crippen LogP contribution is -2.47. The van der Waals surface area contributed by atoms with Crippen LogP contribution >= 0.6 is 11.6 Å². The van der Waals surface area contributed by atoms with Gasteiger partial charge in [-0.25, -0.2) is 0 Å². The van der Waals surface area contributed by atoms with Gasteiger partial charge in [0.2, 0.25) is 5.91 Å². The Labute approximate surface area is 209 Å². The number of piperazine rings is 1. The Balaban J connectivity index is 1.18. The van der Waals surface area contributed by atoms with Gasteiger partial charge in [0.25, 0.3) is 0 Å². The van der Waals surface area contributed by atoms with Crippen LogP contribution < -0.4 is 4.90 Å². The molecular formula is C26H32ClF3N4O. The molecule has 5 nitrogen and oxygen atoms in total. The van der Waals surface area contributed by atoms with Crippen LogP contribution in [0, 0.1) is 5.92 Å². The fraction of sp³-hybridized carbons (Fsp3) is 0.538. The molecule has 2 fully saturated rings. The number of amides is 1. The number of nitrogens with zero attached hydrogens (tertiary/aromatic N) is 4. The molecule has 3 heterocycles. The van der Waals surface area contributed by atoms with E-state index in [1.807, 2.05) is 29.2 Å². The summed E-state index contributed by atoms with van der Waals surface area (Å²) in [5, 5.41) is 0.741. The number of hydrogen-bond donors (Lipinski definition) is 0. The highest BCUT2D eigenvalue weighted by Crippen LogP contribution is 2.30. The summed E-state index contributed by atoms with van der Waals surface area (Å²) in [4.78, 5) is 23.2. The SMILES string of the molecule is O=C(CCCN1CCN(c2ccc(Cl)cc2)CC1)N1CCC[C@H](Cc2cncc(C(F)(F)F)c2)C1. The minimum Gasteiger partial charge on any atom is -0.369 e. The van der Waals surface area contributed by atoms with Crippen molar-refractivity contribution in [2.75, 3.05) is 50.7 Å². The van der Waals surface area contributed by atoms with Crippen molar-refractivity contribution in [1.82, 2.24) is 14.8 Å². The molecule has 1 aromatic heterocycles. The van der Waals surface area contributed by atoms with E-state index in [2.05, 4.69) is 14.8 Å². The van der Waals surface area contributed by atoms with Crippen LogP contribution in [0.2, 0.25) is 5.02 Å². The quantitative estimate of drug-likeness (QED) is 0.519. The van der Waals surface area contributed by atoms with Gasteiger partial charge in [0.1, 0.15) is 0 Å². The molecule has 0 spiro atoms. The number of anilines is 1. The van der Waals surface area contributed by atoms with Crippen molar-refractivity contribution >= 4 is 23.2 Å². The Morgan fingerprint density at radius 3 is 2.51 bits per heavy atom. The van der Waals surface area contributed by atoms with E-state index >= 15 is 0 Å². The van der Waals surface area contributed by atoms with Crippen molar-refractivity contribution in [2.45, 2.75) is 38.3 Å². The van der Waals surface area contributed by atoms with E-state index in [4.69, 9.17) is 11.6 Å². The van der Waals surface area contributed by atoms with Gasteiger partial charge in [0.15, 0.2) is 0 Å². The second-order valence-corrected chi connectivity index (χ2v) is 9.98. The zero-order chi connectivity index (χ0) is 24.8. The number of rotatable bonds is 7. The van der Waals surface area contributed by atoms with Crippen molar-refractivity contribution in [3.63, 3.8) is 0 Å². The first-order valence-electron chi connectivity index (χ1n) is 12.3. The van der Waals surface area contributed by atoms with Crippen molar-refractivity contribution in [1.29, 1.82) is 0 Å². The number of aromatic nitrogens is 1. The summed E-state index contributed by atoms with van der Waals surface area (Å²) < 4.78 is 38.9. The standard InChI is InChI=1S/C26H32ClF3N4O/c27-23-5-7-24(8-6-23)33-13-11-32(12-14-33)9-2-4-25(35)34-10-1-3-20(19-34)15-21-16-22(18-31-17-21)26(28,29)30/h5-8,16-18,20H,1-4,9-15,19H2/t20-/m1/s1.